The van der Waals surface area contributed by atoms with E-state index >= 15 is 0 Å². The van der Waals surface area contributed by atoms with Gasteiger partial charge in [-0.05, 0) is 12.8 Å². The molecule has 0 spiro atoms. The molecule has 1 aromatic carbocycles. The first-order valence-corrected chi connectivity index (χ1v) is 6.40. The maximum atomic E-state index is 13.3. The van der Waals surface area contributed by atoms with Crippen LogP contribution in [0.3, 0.4) is 0 Å². The van der Waals surface area contributed by atoms with Crippen LogP contribution in [0.5, 0.6) is 5.75 Å². The Morgan fingerprint density at radius 1 is 0.850 bits per heavy atom. The van der Waals surface area contributed by atoms with Gasteiger partial charge >= 0.3 is 0 Å². The quantitative estimate of drug-likeness (QED) is 0.389. The van der Waals surface area contributed by atoms with Crippen molar-refractivity contribution in [2.24, 2.45) is 0 Å². The van der Waals surface area contributed by atoms with Crippen LogP contribution in [0, 0.1) is 29.1 Å². The standard InChI is InChI=1S/C13H14F5NO/c14-8-9(15)11(17)13(12(18)10(8)16)20-6-5-19-7-3-1-2-4-7/h7,19H,1-6H2. The summed E-state index contributed by atoms with van der Waals surface area (Å²) in [4.78, 5) is 0. The fourth-order valence-corrected chi connectivity index (χ4v) is 2.26. The molecule has 1 N–H and O–H groups in total. The first kappa shape index (κ1) is 15.0. The number of nitrogens with one attached hydrogen (secondary N) is 1. The number of hydrogen-bond acceptors (Lipinski definition) is 2. The second-order valence-corrected chi connectivity index (χ2v) is 4.68. The lowest BCUT2D eigenvalue weighted by Gasteiger charge is -2.13. The van der Waals surface area contributed by atoms with Gasteiger partial charge in [0.15, 0.2) is 5.75 Å². The lowest BCUT2D eigenvalue weighted by molar-refractivity contribution is 0.257. The van der Waals surface area contributed by atoms with Gasteiger partial charge < -0.3 is 10.1 Å². The lowest BCUT2D eigenvalue weighted by Crippen LogP contribution is -2.30. The van der Waals surface area contributed by atoms with Gasteiger partial charge in [0.05, 0.1) is 0 Å². The molecule has 20 heavy (non-hydrogen) atoms. The van der Waals surface area contributed by atoms with Crippen molar-refractivity contribution in [1.29, 1.82) is 0 Å². The molecule has 0 unspecified atom stereocenters. The van der Waals surface area contributed by atoms with Crippen LogP contribution in [0.15, 0.2) is 0 Å². The Balaban J connectivity index is 1.95. The van der Waals surface area contributed by atoms with Gasteiger partial charge in [-0.3, -0.25) is 0 Å². The maximum absolute atomic E-state index is 13.3. The minimum absolute atomic E-state index is 0.172. The van der Waals surface area contributed by atoms with E-state index in [-0.39, 0.29) is 13.2 Å². The predicted molar refractivity (Wildman–Crippen MR) is 62.0 cm³/mol. The highest BCUT2D eigenvalue weighted by Crippen LogP contribution is 2.28. The number of rotatable bonds is 5. The summed E-state index contributed by atoms with van der Waals surface area (Å²) in [6.07, 6.45) is 4.28. The number of ether oxygens (including phenoxy) is 1. The van der Waals surface area contributed by atoms with Crippen molar-refractivity contribution in [3.8, 4) is 5.75 Å². The molecule has 0 amide bonds. The smallest absolute Gasteiger partial charge is 0.206 e. The number of benzene rings is 1. The molecule has 0 bridgehead atoms. The monoisotopic (exact) mass is 295 g/mol. The Morgan fingerprint density at radius 2 is 1.35 bits per heavy atom. The van der Waals surface area contributed by atoms with Crippen molar-refractivity contribution in [3.63, 3.8) is 0 Å². The van der Waals surface area contributed by atoms with Gasteiger partial charge in [-0.2, -0.15) is 8.78 Å². The SMILES string of the molecule is Fc1c(F)c(F)c(OCCNC2CCCC2)c(F)c1F. The Labute approximate surface area is 112 Å². The third kappa shape index (κ3) is 3.03. The van der Waals surface area contributed by atoms with E-state index in [9.17, 15) is 22.0 Å². The number of hydrogen-bond donors (Lipinski definition) is 1. The van der Waals surface area contributed by atoms with Crippen molar-refractivity contribution in [1.82, 2.24) is 5.32 Å². The lowest BCUT2D eigenvalue weighted by atomic mass is 10.2. The second kappa shape index (κ2) is 6.39. The van der Waals surface area contributed by atoms with Crippen LogP contribution in [0.25, 0.3) is 0 Å². The van der Waals surface area contributed by atoms with Gasteiger partial charge in [0.25, 0.3) is 0 Å². The molecule has 112 valence electrons. The molecule has 0 aromatic heterocycles. The van der Waals surface area contributed by atoms with Crippen molar-refractivity contribution in [3.05, 3.63) is 29.1 Å². The minimum Gasteiger partial charge on any atom is -0.486 e. The average molecular weight is 295 g/mol. The van der Waals surface area contributed by atoms with E-state index in [4.69, 9.17) is 0 Å². The molecule has 7 heteroatoms. The summed E-state index contributed by atoms with van der Waals surface area (Å²) in [5.74, 6) is -11.3. The Kier molecular flexibility index (Phi) is 4.80. The molecule has 2 nitrogen and oxygen atoms in total. The van der Waals surface area contributed by atoms with Crippen LogP contribution in [-0.2, 0) is 0 Å². The van der Waals surface area contributed by atoms with Crippen LogP contribution in [0.4, 0.5) is 22.0 Å². The van der Waals surface area contributed by atoms with Gasteiger partial charge in [0.2, 0.25) is 29.1 Å². The molecule has 1 aliphatic rings. The van der Waals surface area contributed by atoms with E-state index < -0.39 is 34.8 Å². The van der Waals surface area contributed by atoms with Crippen molar-refractivity contribution >= 4 is 0 Å². The van der Waals surface area contributed by atoms with Gasteiger partial charge in [0.1, 0.15) is 6.61 Å². The number of halogens is 5. The molecule has 0 aliphatic heterocycles. The zero-order valence-corrected chi connectivity index (χ0v) is 10.6. The van der Waals surface area contributed by atoms with Crippen molar-refractivity contribution in [2.75, 3.05) is 13.2 Å². The molecule has 1 saturated carbocycles. The van der Waals surface area contributed by atoms with Crippen molar-refractivity contribution < 1.29 is 26.7 Å². The van der Waals surface area contributed by atoms with E-state index in [1.165, 1.54) is 0 Å². The van der Waals surface area contributed by atoms with Gasteiger partial charge in [-0.1, -0.05) is 12.8 Å². The molecule has 2 rings (SSSR count). The van der Waals surface area contributed by atoms with E-state index in [2.05, 4.69) is 10.1 Å². The molecule has 1 aliphatic carbocycles. The molecule has 0 atom stereocenters. The van der Waals surface area contributed by atoms with Crippen LogP contribution in [-0.4, -0.2) is 19.2 Å². The van der Waals surface area contributed by atoms with Crippen molar-refractivity contribution in [2.45, 2.75) is 31.7 Å². The van der Waals surface area contributed by atoms with E-state index in [1.54, 1.807) is 0 Å². The first-order chi connectivity index (χ1) is 9.52. The van der Waals surface area contributed by atoms with E-state index in [0.717, 1.165) is 25.7 Å². The zero-order chi connectivity index (χ0) is 14.7. The summed E-state index contributed by atoms with van der Waals surface area (Å²) in [6, 6.07) is 0.329. The second-order valence-electron chi connectivity index (χ2n) is 4.68. The van der Waals surface area contributed by atoms with Gasteiger partial charge in [0, 0.05) is 12.6 Å². The summed E-state index contributed by atoms with van der Waals surface area (Å²) < 4.78 is 69.8. The zero-order valence-electron chi connectivity index (χ0n) is 10.6. The van der Waals surface area contributed by atoms with Crippen LogP contribution >= 0.6 is 0 Å². The minimum atomic E-state index is -2.18. The Morgan fingerprint density at radius 3 is 1.90 bits per heavy atom. The third-order valence-corrected chi connectivity index (χ3v) is 3.31. The highest BCUT2D eigenvalue weighted by Gasteiger charge is 2.27. The summed E-state index contributed by atoms with van der Waals surface area (Å²) in [5, 5.41) is 3.10. The highest BCUT2D eigenvalue weighted by atomic mass is 19.2. The molecule has 1 fully saturated rings. The average Bonchev–Trinajstić information content (AvgIpc) is 2.95. The fourth-order valence-electron chi connectivity index (χ4n) is 2.26. The summed E-state index contributed by atoms with van der Waals surface area (Å²) >= 11 is 0. The third-order valence-electron chi connectivity index (χ3n) is 3.31. The van der Waals surface area contributed by atoms with Crippen LogP contribution in [0.2, 0.25) is 0 Å². The largest absolute Gasteiger partial charge is 0.486 e. The fraction of sp³-hybridized carbons (Fsp3) is 0.538. The van der Waals surface area contributed by atoms with Gasteiger partial charge in [-0.15, -0.1) is 0 Å². The van der Waals surface area contributed by atoms with Crippen LogP contribution < -0.4 is 10.1 Å². The molecule has 1 aromatic rings. The molecular weight excluding hydrogens is 281 g/mol. The van der Waals surface area contributed by atoms with E-state index in [1.807, 2.05) is 0 Å². The molecular formula is C13H14F5NO. The maximum Gasteiger partial charge on any atom is 0.206 e. The molecule has 0 saturated heterocycles. The molecule has 0 radical (unpaired) electrons. The normalized spacial score (nSPS) is 15.8. The molecule has 0 heterocycles. The van der Waals surface area contributed by atoms with Crippen LogP contribution in [0.1, 0.15) is 25.7 Å². The Hall–Kier alpha value is -1.37. The predicted octanol–water partition coefficient (Wildman–Crippen LogP) is 3.29. The topological polar surface area (TPSA) is 21.3 Å². The first-order valence-electron chi connectivity index (χ1n) is 6.40. The Bertz CT molecular complexity index is 459. The summed E-state index contributed by atoms with van der Waals surface area (Å²) in [6.45, 7) is 0.110. The van der Waals surface area contributed by atoms with Gasteiger partial charge in [-0.25, -0.2) is 13.2 Å². The summed E-state index contributed by atoms with van der Waals surface area (Å²) in [7, 11) is 0. The summed E-state index contributed by atoms with van der Waals surface area (Å²) in [5.41, 5.74) is 0. The van der Waals surface area contributed by atoms with E-state index in [0.29, 0.717) is 6.04 Å². The highest BCUT2D eigenvalue weighted by molar-refractivity contribution is 5.29.